The van der Waals surface area contributed by atoms with Crippen molar-refractivity contribution in [1.29, 1.82) is 0 Å². The Kier molecular flexibility index (Phi) is 3.60. The summed E-state index contributed by atoms with van der Waals surface area (Å²) in [5.74, 6) is 0.00875. The van der Waals surface area contributed by atoms with Crippen molar-refractivity contribution >= 4 is 11.5 Å². The number of carbonyl (C=O) groups excluding carboxylic acids is 1. The third-order valence-corrected chi connectivity index (χ3v) is 2.36. The molecule has 0 amide bonds. The molecule has 5 nitrogen and oxygen atoms in total. The summed E-state index contributed by atoms with van der Waals surface area (Å²) < 4.78 is 4.93. The number of nitrogens with zero attached hydrogens (tertiary/aromatic N) is 1. The molecule has 0 radical (unpaired) electrons. The van der Waals surface area contributed by atoms with Crippen molar-refractivity contribution in [2.45, 2.75) is 20.3 Å². The van der Waals surface area contributed by atoms with Crippen LogP contribution in [-0.2, 0) is 6.42 Å². The van der Waals surface area contributed by atoms with E-state index in [2.05, 4.69) is 0 Å². The van der Waals surface area contributed by atoms with Crippen LogP contribution in [0.25, 0.3) is 0 Å². The second-order valence-corrected chi connectivity index (χ2v) is 3.35. The molecule has 16 heavy (non-hydrogen) atoms. The summed E-state index contributed by atoms with van der Waals surface area (Å²) in [7, 11) is 1.37. The lowest BCUT2D eigenvalue weighted by Crippen LogP contribution is -2.03. The molecule has 0 atom stereocenters. The van der Waals surface area contributed by atoms with E-state index in [0.29, 0.717) is 12.0 Å². The highest BCUT2D eigenvalue weighted by Gasteiger charge is 2.19. The fraction of sp³-hybridized carbons (Fsp3) is 0.364. The minimum Gasteiger partial charge on any atom is -0.490 e. The second-order valence-electron chi connectivity index (χ2n) is 3.35. The smallest absolute Gasteiger partial charge is 0.311 e. The molecule has 0 aliphatic heterocycles. The van der Waals surface area contributed by atoms with Crippen LogP contribution in [-0.4, -0.2) is 17.8 Å². The summed E-state index contributed by atoms with van der Waals surface area (Å²) in [6.45, 7) is 3.28. The van der Waals surface area contributed by atoms with Gasteiger partial charge in [-0.05, 0) is 25.0 Å². The first-order valence-corrected chi connectivity index (χ1v) is 4.87. The van der Waals surface area contributed by atoms with Crippen LogP contribution < -0.4 is 4.74 Å². The Hall–Kier alpha value is -1.91. The maximum Gasteiger partial charge on any atom is 0.311 e. The summed E-state index contributed by atoms with van der Waals surface area (Å²) in [6, 6.07) is 2.83. The van der Waals surface area contributed by atoms with E-state index in [-0.39, 0.29) is 17.2 Å². The van der Waals surface area contributed by atoms with Crippen LogP contribution in [0.5, 0.6) is 5.75 Å². The summed E-state index contributed by atoms with van der Waals surface area (Å²) in [4.78, 5) is 21.6. The van der Waals surface area contributed by atoms with Gasteiger partial charge in [0.15, 0.2) is 11.5 Å². The summed E-state index contributed by atoms with van der Waals surface area (Å²) in [5, 5.41) is 10.8. The quantitative estimate of drug-likeness (QED) is 0.446. The van der Waals surface area contributed by atoms with Crippen molar-refractivity contribution < 1.29 is 14.5 Å². The van der Waals surface area contributed by atoms with Crippen LogP contribution in [0.15, 0.2) is 12.1 Å². The van der Waals surface area contributed by atoms with Crippen LogP contribution >= 0.6 is 0 Å². The van der Waals surface area contributed by atoms with E-state index in [4.69, 9.17) is 4.74 Å². The zero-order valence-electron chi connectivity index (χ0n) is 9.44. The molecule has 1 aromatic rings. The molecule has 0 bridgehead atoms. The van der Waals surface area contributed by atoms with E-state index in [1.165, 1.54) is 20.1 Å². The molecule has 0 fully saturated rings. The molecular formula is C11H13NO4. The number of ketones is 1. The molecular weight excluding hydrogens is 210 g/mol. The Bertz CT molecular complexity index is 403. The topological polar surface area (TPSA) is 69.4 Å². The van der Waals surface area contributed by atoms with Crippen LogP contribution in [0.2, 0.25) is 0 Å². The molecule has 0 spiro atoms. The molecule has 0 aliphatic carbocycles. The van der Waals surface area contributed by atoms with Crippen molar-refractivity contribution in [2.24, 2.45) is 0 Å². The predicted molar refractivity (Wildman–Crippen MR) is 59.0 cm³/mol. The minimum absolute atomic E-state index is 0.176. The average Bonchev–Trinajstić information content (AvgIpc) is 2.26. The van der Waals surface area contributed by atoms with Crippen molar-refractivity contribution in [3.63, 3.8) is 0 Å². The monoisotopic (exact) mass is 223 g/mol. The Balaban J connectivity index is 3.46. The van der Waals surface area contributed by atoms with Gasteiger partial charge in [-0.2, -0.15) is 0 Å². The van der Waals surface area contributed by atoms with Crippen molar-refractivity contribution in [2.75, 3.05) is 7.11 Å². The number of Topliss-reactive ketones (excluding diaryl/α,β-unsaturated/α-hetero) is 1. The predicted octanol–water partition coefficient (Wildman–Crippen LogP) is 2.37. The molecule has 0 saturated carbocycles. The molecule has 5 heteroatoms. The van der Waals surface area contributed by atoms with Gasteiger partial charge in [0.25, 0.3) is 0 Å². The molecule has 1 aromatic carbocycles. The normalized spacial score (nSPS) is 9.94. The highest BCUT2D eigenvalue weighted by molar-refractivity contribution is 5.96. The number of nitro groups is 1. The summed E-state index contributed by atoms with van der Waals surface area (Å²) in [5.41, 5.74) is 0.967. The first-order valence-electron chi connectivity index (χ1n) is 4.87. The van der Waals surface area contributed by atoms with Gasteiger partial charge >= 0.3 is 5.69 Å². The number of methoxy groups -OCH3 is 1. The summed E-state index contributed by atoms with van der Waals surface area (Å²) in [6.07, 6.45) is 0.628. The number of rotatable bonds is 4. The highest BCUT2D eigenvalue weighted by Crippen LogP contribution is 2.30. The summed E-state index contributed by atoms with van der Waals surface area (Å²) >= 11 is 0. The lowest BCUT2D eigenvalue weighted by atomic mass is 10.0. The van der Waals surface area contributed by atoms with Gasteiger partial charge in [-0.3, -0.25) is 14.9 Å². The van der Waals surface area contributed by atoms with Crippen LogP contribution in [0.4, 0.5) is 5.69 Å². The lowest BCUT2D eigenvalue weighted by Gasteiger charge is -2.08. The third-order valence-electron chi connectivity index (χ3n) is 2.36. The Labute approximate surface area is 93.2 Å². The fourth-order valence-corrected chi connectivity index (χ4v) is 1.54. The number of nitro benzene ring substituents is 1. The van der Waals surface area contributed by atoms with Gasteiger partial charge in [0, 0.05) is 11.6 Å². The molecule has 86 valence electrons. The van der Waals surface area contributed by atoms with Gasteiger partial charge in [-0.25, -0.2) is 0 Å². The molecule has 0 heterocycles. The van der Waals surface area contributed by atoms with E-state index >= 15 is 0 Å². The van der Waals surface area contributed by atoms with E-state index < -0.39 is 4.92 Å². The van der Waals surface area contributed by atoms with Crippen LogP contribution in [0.3, 0.4) is 0 Å². The Morgan fingerprint density at radius 1 is 1.50 bits per heavy atom. The first-order chi connectivity index (χ1) is 7.51. The number of carbonyl (C=O) groups is 1. The van der Waals surface area contributed by atoms with E-state index in [0.717, 1.165) is 5.56 Å². The Morgan fingerprint density at radius 3 is 2.50 bits per heavy atom. The van der Waals surface area contributed by atoms with Crippen LogP contribution in [0.1, 0.15) is 29.8 Å². The van der Waals surface area contributed by atoms with Gasteiger partial charge in [0.05, 0.1) is 12.0 Å². The van der Waals surface area contributed by atoms with Gasteiger partial charge in [0.1, 0.15) is 0 Å². The number of ether oxygens (including phenoxy) is 1. The maximum absolute atomic E-state index is 11.3. The first kappa shape index (κ1) is 12.2. The van der Waals surface area contributed by atoms with E-state index in [9.17, 15) is 14.9 Å². The lowest BCUT2D eigenvalue weighted by molar-refractivity contribution is -0.385. The van der Waals surface area contributed by atoms with Crippen molar-refractivity contribution in [3.8, 4) is 5.75 Å². The molecule has 0 aromatic heterocycles. The second kappa shape index (κ2) is 4.74. The third kappa shape index (κ3) is 2.18. The van der Waals surface area contributed by atoms with Gasteiger partial charge in [0.2, 0.25) is 0 Å². The zero-order chi connectivity index (χ0) is 12.3. The molecule has 0 N–H and O–H groups in total. The van der Waals surface area contributed by atoms with E-state index in [1.54, 1.807) is 6.07 Å². The Morgan fingerprint density at radius 2 is 2.12 bits per heavy atom. The SMILES string of the molecule is CCc1cc(OC)c([N+](=O)[O-])cc1C(C)=O. The van der Waals surface area contributed by atoms with Gasteiger partial charge < -0.3 is 4.74 Å². The standard InChI is InChI=1S/C11H13NO4/c1-4-8-5-11(16-3)10(12(14)15)6-9(8)7(2)13/h5-6H,4H2,1-3H3. The van der Waals surface area contributed by atoms with E-state index in [1.807, 2.05) is 6.92 Å². The largest absolute Gasteiger partial charge is 0.490 e. The van der Waals surface area contributed by atoms with Crippen molar-refractivity contribution in [1.82, 2.24) is 0 Å². The number of benzene rings is 1. The molecule has 0 unspecified atom stereocenters. The zero-order valence-corrected chi connectivity index (χ0v) is 9.44. The van der Waals surface area contributed by atoms with Gasteiger partial charge in [-0.15, -0.1) is 0 Å². The molecule has 1 rings (SSSR count). The molecule has 0 saturated heterocycles. The van der Waals surface area contributed by atoms with Gasteiger partial charge in [-0.1, -0.05) is 6.92 Å². The number of aryl methyl sites for hydroxylation is 1. The number of hydrogen-bond donors (Lipinski definition) is 0. The number of hydrogen-bond acceptors (Lipinski definition) is 4. The van der Waals surface area contributed by atoms with Crippen molar-refractivity contribution in [3.05, 3.63) is 33.4 Å². The maximum atomic E-state index is 11.3. The van der Waals surface area contributed by atoms with Crippen LogP contribution in [0, 0.1) is 10.1 Å². The fourth-order valence-electron chi connectivity index (χ4n) is 1.54. The average molecular weight is 223 g/mol. The minimum atomic E-state index is -0.551. The molecule has 0 aliphatic rings. The highest BCUT2D eigenvalue weighted by atomic mass is 16.6.